The third kappa shape index (κ3) is 4.92. The second kappa shape index (κ2) is 7.81. The van der Waals surface area contributed by atoms with Crippen molar-refractivity contribution in [2.75, 3.05) is 12.0 Å². The molecule has 0 fully saturated rings. The molecule has 6 heteroatoms. The zero-order chi connectivity index (χ0) is 14.3. The first kappa shape index (κ1) is 15.5. The molecule has 2 atom stereocenters. The van der Waals surface area contributed by atoms with Gasteiger partial charge in [0.1, 0.15) is 12.1 Å². The third-order valence-corrected chi connectivity index (χ3v) is 3.36. The second-order valence-electron chi connectivity index (χ2n) is 4.13. The summed E-state index contributed by atoms with van der Waals surface area (Å²) in [5.41, 5.74) is 11.8. The number of hydrogen-bond acceptors (Lipinski definition) is 4. The molecular weight excluding hydrogens is 262 g/mol. The van der Waals surface area contributed by atoms with Crippen molar-refractivity contribution in [2.45, 2.75) is 18.5 Å². The van der Waals surface area contributed by atoms with Crippen LogP contribution in [0.2, 0.25) is 0 Å². The predicted octanol–water partition coefficient (Wildman–Crippen LogP) is 0.410. The van der Waals surface area contributed by atoms with Gasteiger partial charge in [0.15, 0.2) is 0 Å². The maximum absolute atomic E-state index is 12.0. The Labute approximate surface area is 117 Å². The van der Waals surface area contributed by atoms with Gasteiger partial charge in [0.05, 0.1) is 0 Å². The fourth-order valence-electron chi connectivity index (χ4n) is 1.59. The highest BCUT2D eigenvalue weighted by Crippen LogP contribution is 2.10. The fourth-order valence-corrected chi connectivity index (χ4v) is 2.07. The lowest BCUT2D eigenvalue weighted by molar-refractivity contribution is -0.128. The van der Waals surface area contributed by atoms with Crippen molar-refractivity contribution in [3.63, 3.8) is 0 Å². The van der Waals surface area contributed by atoms with Gasteiger partial charge in [0.2, 0.25) is 11.8 Å². The summed E-state index contributed by atoms with van der Waals surface area (Å²) in [7, 11) is 0. The Balaban J connectivity index is 2.64. The Morgan fingerprint density at radius 3 is 2.47 bits per heavy atom. The number of benzene rings is 1. The van der Waals surface area contributed by atoms with Gasteiger partial charge >= 0.3 is 0 Å². The van der Waals surface area contributed by atoms with Crippen molar-refractivity contribution in [3.05, 3.63) is 35.9 Å². The summed E-state index contributed by atoms with van der Waals surface area (Å²) in [4.78, 5) is 23.2. The molecule has 0 saturated carbocycles. The SMILES string of the molecule is CSCCC(NC(=O)C(N)c1ccccc1)C(N)=O. The highest BCUT2D eigenvalue weighted by Gasteiger charge is 2.22. The molecule has 0 aromatic heterocycles. The molecule has 2 amide bonds. The topological polar surface area (TPSA) is 98.2 Å². The summed E-state index contributed by atoms with van der Waals surface area (Å²) >= 11 is 1.59. The monoisotopic (exact) mass is 281 g/mol. The van der Waals surface area contributed by atoms with Gasteiger partial charge in [-0.2, -0.15) is 11.8 Å². The van der Waals surface area contributed by atoms with Crippen LogP contribution >= 0.6 is 11.8 Å². The van der Waals surface area contributed by atoms with E-state index >= 15 is 0 Å². The maximum atomic E-state index is 12.0. The molecule has 2 unspecified atom stereocenters. The van der Waals surface area contributed by atoms with E-state index in [1.54, 1.807) is 23.9 Å². The van der Waals surface area contributed by atoms with Gasteiger partial charge in [-0.15, -0.1) is 0 Å². The first-order valence-corrected chi connectivity index (χ1v) is 7.34. The number of amides is 2. The number of hydrogen-bond donors (Lipinski definition) is 3. The van der Waals surface area contributed by atoms with Crippen LogP contribution in [0.4, 0.5) is 0 Å². The number of primary amides is 1. The van der Waals surface area contributed by atoms with Crippen LogP contribution < -0.4 is 16.8 Å². The number of nitrogens with two attached hydrogens (primary N) is 2. The predicted molar refractivity (Wildman–Crippen MR) is 77.5 cm³/mol. The van der Waals surface area contributed by atoms with Crippen molar-refractivity contribution in [3.8, 4) is 0 Å². The van der Waals surface area contributed by atoms with E-state index in [1.807, 2.05) is 24.5 Å². The molecule has 0 spiro atoms. The van der Waals surface area contributed by atoms with Gasteiger partial charge in [-0.05, 0) is 24.0 Å². The zero-order valence-electron chi connectivity index (χ0n) is 10.8. The molecule has 5 nitrogen and oxygen atoms in total. The molecule has 0 bridgehead atoms. The van der Waals surface area contributed by atoms with Crippen LogP contribution in [0.1, 0.15) is 18.0 Å². The summed E-state index contributed by atoms with van der Waals surface area (Å²) in [5.74, 6) is -0.187. The first-order valence-electron chi connectivity index (χ1n) is 5.95. The van der Waals surface area contributed by atoms with Crippen LogP contribution in [0.15, 0.2) is 30.3 Å². The van der Waals surface area contributed by atoms with Crippen molar-refractivity contribution in [1.82, 2.24) is 5.32 Å². The van der Waals surface area contributed by atoms with E-state index in [0.29, 0.717) is 12.0 Å². The van der Waals surface area contributed by atoms with Crippen LogP contribution in [-0.4, -0.2) is 29.9 Å². The van der Waals surface area contributed by atoms with Gasteiger partial charge in [0.25, 0.3) is 0 Å². The Bertz CT molecular complexity index is 425. The summed E-state index contributed by atoms with van der Waals surface area (Å²) < 4.78 is 0. The molecule has 0 aliphatic rings. The zero-order valence-corrected chi connectivity index (χ0v) is 11.7. The molecule has 104 valence electrons. The number of rotatable bonds is 7. The van der Waals surface area contributed by atoms with Crippen molar-refractivity contribution in [1.29, 1.82) is 0 Å². The second-order valence-corrected chi connectivity index (χ2v) is 5.12. The van der Waals surface area contributed by atoms with E-state index in [2.05, 4.69) is 5.32 Å². The average molecular weight is 281 g/mol. The van der Waals surface area contributed by atoms with Gasteiger partial charge in [-0.3, -0.25) is 9.59 Å². The molecule has 0 saturated heterocycles. The smallest absolute Gasteiger partial charge is 0.242 e. The summed E-state index contributed by atoms with van der Waals surface area (Å²) in [6.45, 7) is 0. The van der Waals surface area contributed by atoms with E-state index < -0.39 is 23.9 Å². The van der Waals surface area contributed by atoms with E-state index in [4.69, 9.17) is 11.5 Å². The molecule has 5 N–H and O–H groups in total. The average Bonchev–Trinajstić information content (AvgIpc) is 2.43. The summed E-state index contributed by atoms with van der Waals surface area (Å²) in [5, 5.41) is 2.60. The van der Waals surface area contributed by atoms with E-state index in [0.717, 1.165) is 5.75 Å². The molecule has 0 aliphatic heterocycles. The lowest BCUT2D eigenvalue weighted by Crippen LogP contribution is -2.47. The van der Waals surface area contributed by atoms with Gasteiger partial charge in [-0.25, -0.2) is 0 Å². The van der Waals surface area contributed by atoms with Crippen LogP contribution in [0, 0.1) is 0 Å². The van der Waals surface area contributed by atoms with Crippen molar-refractivity contribution in [2.24, 2.45) is 11.5 Å². The van der Waals surface area contributed by atoms with E-state index in [9.17, 15) is 9.59 Å². The molecule has 0 heterocycles. The molecule has 1 aromatic carbocycles. The number of nitrogens with one attached hydrogen (secondary N) is 1. The molecule has 19 heavy (non-hydrogen) atoms. The first-order chi connectivity index (χ1) is 9.06. The highest BCUT2D eigenvalue weighted by molar-refractivity contribution is 7.98. The minimum absolute atomic E-state index is 0.392. The third-order valence-electron chi connectivity index (χ3n) is 2.71. The van der Waals surface area contributed by atoms with Gasteiger partial charge < -0.3 is 16.8 Å². The van der Waals surface area contributed by atoms with Crippen LogP contribution in [0.3, 0.4) is 0 Å². The molecule has 1 aromatic rings. The van der Waals surface area contributed by atoms with Crippen molar-refractivity contribution < 1.29 is 9.59 Å². The number of thioether (sulfide) groups is 1. The summed E-state index contributed by atoms with van der Waals surface area (Å²) in [6, 6.07) is 7.53. The molecule has 0 aliphatic carbocycles. The summed E-state index contributed by atoms with van der Waals surface area (Å²) in [6.07, 6.45) is 2.43. The highest BCUT2D eigenvalue weighted by atomic mass is 32.2. The minimum atomic E-state index is -0.794. The van der Waals surface area contributed by atoms with Crippen molar-refractivity contribution >= 4 is 23.6 Å². The molecule has 0 radical (unpaired) electrons. The standard InChI is InChI=1S/C13H19N3O2S/c1-19-8-7-10(12(15)17)16-13(18)11(14)9-5-3-2-4-6-9/h2-6,10-11H,7-8,14H2,1H3,(H2,15,17)(H,16,18). The normalized spacial score (nSPS) is 13.6. The minimum Gasteiger partial charge on any atom is -0.368 e. The van der Waals surface area contributed by atoms with E-state index in [1.165, 1.54) is 0 Å². The molecular formula is C13H19N3O2S. The largest absolute Gasteiger partial charge is 0.368 e. The Morgan fingerprint density at radius 2 is 1.95 bits per heavy atom. The lowest BCUT2D eigenvalue weighted by Gasteiger charge is -2.18. The maximum Gasteiger partial charge on any atom is 0.242 e. The number of carbonyl (C=O) groups excluding carboxylic acids is 2. The van der Waals surface area contributed by atoms with Crippen LogP contribution in [0.5, 0.6) is 0 Å². The van der Waals surface area contributed by atoms with Gasteiger partial charge in [0, 0.05) is 0 Å². The lowest BCUT2D eigenvalue weighted by atomic mass is 10.1. The molecule has 1 rings (SSSR count). The Hall–Kier alpha value is -1.53. The van der Waals surface area contributed by atoms with Gasteiger partial charge in [-0.1, -0.05) is 30.3 Å². The van der Waals surface area contributed by atoms with Crippen LogP contribution in [-0.2, 0) is 9.59 Å². The fraction of sp³-hybridized carbons (Fsp3) is 0.385. The Morgan fingerprint density at radius 1 is 1.32 bits per heavy atom. The van der Waals surface area contributed by atoms with Crippen LogP contribution in [0.25, 0.3) is 0 Å². The van der Waals surface area contributed by atoms with E-state index in [-0.39, 0.29) is 0 Å². The number of carbonyl (C=O) groups is 2. The quantitative estimate of drug-likeness (QED) is 0.674. The Kier molecular flexibility index (Phi) is 6.38.